The zero-order valence-electron chi connectivity index (χ0n) is 10.6. The Labute approximate surface area is 110 Å². The first-order chi connectivity index (χ1) is 8.52. The smallest absolute Gasteiger partial charge is 0.293 e. The predicted molar refractivity (Wildman–Crippen MR) is 71.2 cm³/mol. The number of rotatable bonds is 3. The van der Waals surface area contributed by atoms with Crippen LogP contribution in [-0.2, 0) is 4.79 Å². The Bertz CT molecular complexity index is 530. The van der Waals surface area contributed by atoms with Crippen LogP contribution >= 0.6 is 11.8 Å². The summed E-state index contributed by atoms with van der Waals surface area (Å²) in [7, 11) is 0. The summed E-state index contributed by atoms with van der Waals surface area (Å²) in [5, 5.41) is -0.189. The van der Waals surface area contributed by atoms with Gasteiger partial charge in [0, 0.05) is 12.1 Å². The molecule has 0 aromatic carbocycles. The van der Waals surface area contributed by atoms with Gasteiger partial charge in [0.1, 0.15) is 11.5 Å². The topological polar surface area (TPSA) is 50.5 Å². The summed E-state index contributed by atoms with van der Waals surface area (Å²) in [5.41, 5.74) is 0.856. The van der Waals surface area contributed by atoms with Crippen molar-refractivity contribution in [1.29, 1.82) is 0 Å². The highest BCUT2D eigenvalue weighted by molar-refractivity contribution is 8.18. The number of aryl methyl sites for hydroxylation is 2. The first-order valence-electron chi connectivity index (χ1n) is 5.85. The molecule has 0 saturated carbocycles. The molecule has 2 amide bonds. The Morgan fingerprint density at radius 2 is 2.11 bits per heavy atom. The third-order valence-corrected chi connectivity index (χ3v) is 3.59. The van der Waals surface area contributed by atoms with Gasteiger partial charge in [-0.3, -0.25) is 14.5 Å². The summed E-state index contributed by atoms with van der Waals surface area (Å²) in [5.74, 6) is 1.35. The highest BCUT2D eigenvalue weighted by Crippen LogP contribution is 2.33. The van der Waals surface area contributed by atoms with Gasteiger partial charge in [0.15, 0.2) is 0 Å². The van der Waals surface area contributed by atoms with Crippen LogP contribution in [0.15, 0.2) is 15.4 Å². The average molecular weight is 265 g/mol. The molecule has 1 aliphatic rings. The van der Waals surface area contributed by atoms with E-state index in [4.69, 9.17) is 4.42 Å². The summed E-state index contributed by atoms with van der Waals surface area (Å²) in [4.78, 5) is 25.4. The second-order valence-corrected chi connectivity index (χ2v) is 5.20. The maximum Gasteiger partial charge on any atom is 0.293 e. The van der Waals surface area contributed by atoms with Crippen LogP contribution in [0.4, 0.5) is 4.79 Å². The molecule has 0 bridgehead atoms. The zero-order chi connectivity index (χ0) is 13.3. The van der Waals surface area contributed by atoms with Gasteiger partial charge in [-0.15, -0.1) is 0 Å². The highest BCUT2D eigenvalue weighted by Gasteiger charge is 2.34. The number of thioether (sulfide) groups is 1. The number of carbonyl (C=O) groups is 2. The quantitative estimate of drug-likeness (QED) is 0.786. The fourth-order valence-corrected chi connectivity index (χ4v) is 2.71. The molecule has 2 rings (SSSR count). The van der Waals surface area contributed by atoms with Gasteiger partial charge in [-0.2, -0.15) is 0 Å². The van der Waals surface area contributed by atoms with E-state index in [1.54, 1.807) is 6.08 Å². The van der Waals surface area contributed by atoms with Gasteiger partial charge in [0.05, 0.1) is 4.91 Å². The van der Waals surface area contributed by atoms with Crippen molar-refractivity contribution in [2.75, 3.05) is 6.54 Å². The largest absolute Gasteiger partial charge is 0.466 e. The van der Waals surface area contributed by atoms with E-state index in [2.05, 4.69) is 0 Å². The van der Waals surface area contributed by atoms with E-state index in [1.807, 2.05) is 26.8 Å². The maximum atomic E-state index is 12.0. The Kier molecular flexibility index (Phi) is 3.61. The van der Waals surface area contributed by atoms with Gasteiger partial charge in [-0.25, -0.2) is 0 Å². The second-order valence-electron chi connectivity index (χ2n) is 4.20. The minimum atomic E-state index is -0.204. The minimum absolute atomic E-state index is 0.189. The highest BCUT2D eigenvalue weighted by atomic mass is 32.2. The van der Waals surface area contributed by atoms with Gasteiger partial charge in [-0.1, -0.05) is 6.92 Å². The number of nitrogens with zero attached hydrogens (tertiary/aromatic N) is 1. The Balaban J connectivity index is 2.27. The lowest BCUT2D eigenvalue weighted by Gasteiger charge is -2.09. The molecule has 1 aromatic heterocycles. The molecule has 96 valence electrons. The lowest BCUT2D eigenvalue weighted by molar-refractivity contribution is -0.122. The zero-order valence-corrected chi connectivity index (χ0v) is 11.5. The van der Waals surface area contributed by atoms with E-state index in [0.29, 0.717) is 11.4 Å². The standard InChI is InChI=1S/C13H15NO3S/c1-4-5-14-12(15)11(18-13(14)16)7-10-6-8(2)17-9(10)3/h6-7H,4-5H2,1-3H3/b11-7-. The number of furan rings is 1. The van der Waals surface area contributed by atoms with E-state index >= 15 is 0 Å². The SMILES string of the molecule is CCCN1C(=O)S/C(=C\c2cc(C)oc2C)C1=O. The first kappa shape index (κ1) is 13.0. The first-order valence-corrected chi connectivity index (χ1v) is 6.67. The van der Waals surface area contributed by atoms with Crippen LogP contribution in [0.3, 0.4) is 0 Å². The average Bonchev–Trinajstić information content (AvgIpc) is 2.74. The summed E-state index contributed by atoms with van der Waals surface area (Å²) in [6.45, 7) is 6.12. The molecule has 0 atom stereocenters. The molecule has 2 heterocycles. The number of imide groups is 1. The Hall–Kier alpha value is -1.49. The van der Waals surface area contributed by atoms with E-state index in [9.17, 15) is 9.59 Å². The van der Waals surface area contributed by atoms with Crippen molar-refractivity contribution >= 4 is 29.0 Å². The molecular formula is C13H15NO3S. The maximum absolute atomic E-state index is 12.0. The number of amides is 2. The molecule has 0 unspecified atom stereocenters. The number of hydrogen-bond acceptors (Lipinski definition) is 4. The van der Waals surface area contributed by atoms with Crippen molar-refractivity contribution in [2.24, 2.45) is 0 Å². The molecule has 1 fully saturated rings. The van der Waals surface area contributed by atoms with Crippen molar-refractivity contribution < 1.29 is 14.0 Å². The van der Waals surface area contributed by atoms with Crippen LogP contribution in [0.1, 0.15) is 30.4 Å². The molecule has 1 saturated heterocycles. The summed E-state index contributed by atoms with van der Waals surface area (Å²) in [6.07, 6.45) is 2.50. The summed E-state index contributed by atoms with van der Waals surface area (Å²) < 4.78 is 5.40. The van der Waals surface area contributed by atoms with Gasteiger partial charge in [0.2, 0.25) is 0 Å². The predicted octanol–water partition coefficient (Wildman–Crippen LogP) is 3.34. The lowest BCUT2D eigenvalue weighted by Crippen LogP contribution is -2.28. The minimum Gasteiger partial charge on any atom is -0.466 e. The van der Waals surface area contributed by atoms with Gasteiger partial charge >= 0.3 is 0 Å². The van der Waals surface area contributed by atoms with Crippen molar-refractivity contribution in [2.45, 2.75) is 27.2 Å². The third-order valence-electron chi connectivity index (χ3n) is 2.69. The van der Waals surface area contributed by atoms with Crippen LogP contribution in [0.2, 0.25) is 0 Å². The Morgan fingerprint density at radius 3 is 2.67 bits per heavy atom. The Morgan fingerprint density at radius 1 is 1.39 bits per heavy atom. The van der Waals surface area contributed by atoms with E-state index in [1.165, 1.54) is 4.90 Å². The van der Waals surface area contributed by atoms with Gasteiger partial charge < -0.3 is 4.42 Å². The molecule has 0 aliphatic carbocycles. The fraction of sp³-hybridized carbons (Fsp3) is 0.385. The summed E-state index contributed by atoms with van der Waals surface area (Å²) >= 11 is 0.991. The van der Waals surface area contributed by atoms with Crippen LogP contribution in [0, 0.1) is 13.8 Å². The number of carbonyl (C=O) groups excluding carboxylic acids is 2. The number of hydrogen-bond donors (Lipinski definition) is 0. The molecule has 5 heteroatoms. The van der Waals surface area contributed by atoms with E-state index < -0.39 is 0 Å². The van der Waals surface area contributed by atoms with Crippen LogP contribution < -0.4 is 0 Å². The molecule has 0 N–H and O–H groups in total. The van der Waals surface area contributed by atoms with Gasteiger partial charge in [0.25, 0.3) is 11.1 Å². The molecule has 1 aromatic rings. The monoisotopic (exact) mass is 265 g/mol. The van der Waals surface area contributed by atoms with E-state index in [-0.39, 0.29) is 11.1 Å². The van der Waals surface area contributed by atoms with Gasteiger partial charge in [-0.05, 0) is 44.2 Å². The molecule has 1 aliphatic heterocycles. The van der Waals surface area contributed by atoms with Crippen molar-refractivity contribution in [3.8, 4) is 0 Å². The molecular weight excluding hydrogens is 250 g/mol. The molecule has 18 heavy (non-hydrogen) atoms. The van der Waals surface area contributed by atoms with Crippen molar-refractivity contribution in [3.63, 3.8) is 0 Å². The second kappa shape index (κ2) is 5.02. The van der Waals surface area contributed by atoms with Crippen LogP contribution in [0.25, 0.3) is 6.08 Å². The molecule has 0 spiro atoms. The molecule has 0 radical (unpaired) electrons. The normalized spacial score (nSPS) is 18.2. The van der Waals surface area contributed by atoms with Crippen LogP contribution in [0.5, 0.6) is 0 Å². The van der Waals surface area contributed by atoms with E-state index in [0.717, 1.165) is 35.3 Å². The summed E-state index contributed by atoms with van der Waals surface area (Å²) in [6, 6.07) is 1.86. The third kappa shape index (κ3) is 2.36. The van der Waals surface area contributed by atoms with Crippen LogP contribution in [-0.4, -0.2) is 22.6 Å². The van der Waals surface area contributed by atoms with Crippen molar-refractivity contribution in [1.82, 2.24) is 4.90 Å². The fourth-order valence-electron chi connectivity index (χ4n) is 1.85. The lowest BCUT2D eigenvalue weighted by atomic mass is 10.2. The van der Waals surface area contributed by atoms with Crippen molar-refractivity contribution in [3.05, 3.63) is 28.1 Å². The molecule has 4 nitrogen and oxygen atoms in total.